The molecule has 0 spiro atoms. The predicted molar refractivity (Wildman–Crippen MR) is 153 cm³/mol. The molecule has 0 radical (unpaired) electrons. The van der Waals surface area contributed by atoms with Crippen molar-refractivity contribution >= 4 is 23.0 Å². The molecule has 0 saturated carbocycles. The maximum absolute atomic E-state index is 14.3. The standard InChI is InChI=1S/C31H27N5O4/c1-4-40-30(37)24-19(2)32-28-26(25(24)20-12-7-5-8-13-20)29-34-33-27(21-14-11-17-23(18-21)39-3)36(29)31(38)35(28)22-15-9-6-10-16-22/h5-19,32H,4H2,1-3H3. The van der Waals surface area contributed by atoms with E-state index in [2.05, 4.69) is 15.5 Å². The molecule has 9 nitrogen and oxygen atoms in total. The highest BCUT2D eigenvalue weighted by molar-refractivity contribution is 6.08. The Balaban J connectivity index is 1.78. The summed E-state index contributed by atoms with van der Waals surface area (Å²) in [6.45, 7) is 3.89. The molecule has 6 rings (SSSR count). The Morgan fingerprint density at radius 3 is 2.35 bits per heavy atom. The monoisotopic (exact) mass is 533 g/mol. The minimum absolute atomic E-state index is 0.230. The number of ether oxygens (including phenoxy) is 2. The molecule has 1 unspecified atom stereocenters. The van der Waals surface area contributed by atoms with Gasteiger partial charge in [0.25, 0.3) is 0 Å². The van der Waals surface area contributed by atoms with Gasteiger partial charge in [-0.1, -0.05) is 60.7 Å². The molecule has 0 fully saturated rings. The van der Waals surface area contributed by atoms with Crippen molar-refractivity contribution in [1.29, 1.82) is 0 Å². The number of nitrogens with one attached hydrogen (secondary N) is 1. The van der Waals surface area contributed by atoms with Crippen molar-refractivity contribution < 1.29 is 14.3 Å². The van der Waals surface area contributed by atoms with Crippen LogP contribution in [0.2, 0.25) is 0 Å². The van der Waals surface area contributed by atoms with Gasteiger partial charge in [0.05, 0.1) is 36.6 Å². The minimum atomic E-state index is -0.459. The van der Waals surface area contributed by atoms with E-state index in [1.165, 1.54) is 4.40 Å². The fourth-order valence-corrected chi connectivity index (χ4v) is 5.19. The molecule has 200 valence electrons. The number of esters is 1. The maximum Gasteiger partial charge on any atom is 0.341 e. The molecule has 1 N–H and O–H groups in total. The van der Waals surface area contributed by atoms with Crippen molar-refractivity contribution in [3.05, 3.63) is 112 Å². The average Bonchev–Trinajstić information content (AvgIpc) is 3.43. The quantitative estimate of drug-likeness (QED) is 0.315. The van der Waals surface area contributed by atoms with Crippen LogP contribution in [0, 0.1) is 0 Å². The molecular formula is C31H27N5O4. The molecule has 0 saturated heterocycles. The molecule has 3 aromatic carbocycles. The number of anilines is 1. The summed E-state index contributed by atoms with van der Waals surface area (Å²) in [5, 5.41) is 12.4. The second-order valence-electron chi connectivity index (χ2n) is 9.33. The third-order valence-corrected chi connectivity index (χ3v) is 6.94. The largest absolute Gasteiger partial charge is 0.497 e. The zero-order valence-corrected chi connectivity index (χ0v) is 22.3. The molecule has 1 aliphatic heterocycles. The summed E-state index contributed by atoms with van der Waals surface area (Å²) in [4.78, 5) is 27.8. The fourth-order valence-electron chi connectivity index (χ4n) is 5.19. The summed E-state index contributed by atoms with van der Waals surface area (Å²) in [6, 6.07) is 25.8. The van der Waals surface area contributed by atoms with Crippen LogP contribution in [0.1, 0.15) is 25.0 Å². The third-order valence-electron chi connectivity index (χ3n) is 6.94. The molecule has 0 amide bonds. The van der Waals surface area contributed by atoms with Gasteiger partial charge in [-0.2, -0.15) is 0 Å². The summed E-state index contributed by atoms with van der Waals surface area (Å²) < 4.78 is 14.0. The van der Waals surface area contributed by atoms with Gasteiger partial charge in [0, 0.05) is 11.1 Å². The first-order valence-electron chi connectivity index (χ1n) is 13.0. The first-order valence-corrected chi connectivity index (χ1v) is 13.0. The van der Waals surface area contributed by atoms with Crippen molar-refractivity contribution in [1.82, 2.24) is 19.2 Å². The molecule has 0 bridgehead atoms. The topological polar surface area (TPSA) is 99.8 Å². The van der Waals surface area contributed by atoms with E-state index in [1.54, 1.807) is 24.7 Å². The molecular weight excluding hydrogens is 506 g/mol. The summed E-state index contributed by atoms with van der Waals surface area (Å²) in [6.07, 6.45) is 0. The zero-order valence-electron chi connectivity index (χ0n) is 22.3. The van der Waals surface area contributed by atoms with Gasteiger partial charge in [-0.05, 0) is 43.7 Å². The SMILES string of the molecule is CCOC(=O)C1=C(c2ccccc2)c2c(n(-c3ccccc3)c(=O)n3c(-c4cccc(OC)c4)nnc23)NC1C. The molecule has 0 aliphatic carbocycles. The number of hydrogen-bond acceptors (Lipinski definition) is 7. The smallest absolute Gasteiger partial charge is 0.341 e. The van der Waals surface area contributed by atoms with Crippen LogP contribution in [-0.2, 0) is 9.53 Å². The first kappa shape index (κ1) is 25.1. The van der Waals surface area contributed by atoms with Gasteiger partial charge in [-0.15, -0.1) is 10.2 Å². The molecule has 2 aromatic heterocycles. The van der Waals surface area contributed by atoms with Crippen LogP contribution < -0.4 is 15.7 Å². The zero-order chi connectivity index (χ0) is 27.8. The van der Waals surface area contributed by atoms with E-state index in [0.717, 1.165) is 5.56 Å². The van der Waals surface area contributed by atoms with E-state index >= 15 is 0 Å². The molecule has 5 aromatic rings. The maximum atomic E-state index is 14.3. The second-order valence-corrected chi connectivity index (χ2v) is 9.33. The number of carbonyl (C=O) groups is 1. The van der Waals surface area contributed by atoms with Crippen LogP contribution in [-0.4, -0.2) is 44.9 Å². The fraction of sp³-hybridized carbons (Fsp3) is 0.161. The number of benzene rings is 3. The Bertz CT molecular complexity index is 1820. The van der Waals surface area contributed by atoms with Crippen molar-refractivity contribution in [2.75, 3.05) is 19.0 Å². The van der Waals surface area contributed by atoms with E-state index in [0.29, 0.717) is 51.0 Å². The number of para-hydroxylation sites is 1. The van der Waals surface area contributed by atoms with Gasteiger partial charge in [0.2, 0.25) is 0 Å². The lowest BCUT2D eigenvalue weighted by Gasteiger charge is -2.31. The van der Waals surface area contributed by atoms with Crippen molar-refractivity contribution in [2.24, 2.45) is 0 Å². The summed E-state index contributed by atoms with van der Waals surface area (Å²) in [5.74, 6) is 1.07. The Morgan fingerprint density at radius 2 is 1.65 bits per heavy atom. The third kappa shape index (κ3) is 4.03. The lowest BCUT2D eigenvalue weighted by Crippen LogP contribution is -2.37. The molecule has 1 atom stereocenters. The molecule has 9 heteroatoms. The Labute approximate surface area is 230 Å². The number of carbonyl (C=O) groups excluding carboxylic acids is 1. The molecule has 40 heavy (non-hydrogen) atoms. The summed E-state index contributed by atoms with van der Waals surface area (Å²) >= 11 is 0. The number of hydrogen-bond donors (Lipinski definition) is 1. The van der Waals surface area contributed by atoms with Crippen molar-refractivity contribution in [3.63, 3.8) is 0 Å². The number of rotatable bonds is 6. The van der Waals surface area contributed by atoms with E-state index in [9.17, 15) is 9.59 Å². The van der Waals surface area contributed by atoms with Crippen molar-refractivity contribution in [3.8, 4) is 22.8 Å². The predicted octanol–water partition coefficient (Wildman–Crippen LogP) is 4.73. The van der Waals surface area contributed by atoms with Crippen molar-refractivity contribution in [2.45, 2.75) is 19.9 Å². The number of methoxy groups -OCH3 is 1. The van der Waals surface area contributed by atoms with Crippen LogP contribution in [0.3, 0.4) is 0 Å². The van der Waals surface area contributed by atoms with Crippen LogP contribution in [0.25, 0.3) is 28.3 Å². The highest BCUT2D eigenvalue weighted by atomic mass is 16.5. The van der Waals surface area contributed by atoms with Crippen LogP contribution in [0.15, 0.2) is 95.3 Å². The Morgan fingerprint density at radius 1 is 0.950 bits per heavy atom. The van der Waals surface area contributed by atoms with E-state index in [-0.39, 0.29) is 12.3 Å². The Hall–Kier alpha value is -5.18. The van der Waals surface area contributed by atoms with E-state index in [1.807, 2.05) is 85.8 Å². The van der Waals surface area contributed by atoms with Gasteiger partial charge >= 0.3 is 11.7 Å². The number of nitrogens with zero attached hydrogens (tertiary/aromatic N) is 4. The summed E-state index contributed by atoms with van der Waals surface area (Å²) in [7, 11) is 1.58. The normalized spacial score (nSPS) is 14.5. The number of fused-ring (bicyclic) bond motifs is 3. The van der Waals surface area contributed by atoms with Gasteiger partial charge in [0.15, 0.2) is 11.5 Å². The van der Waals surface area contributed by atoms with Gasteiger partial charge in [-0.3, -0.25) is 0 Å². The van der Waals surface area contributed by atoms with Gasteiger partial charge < -0.3 is 14.8 Å². The van der Waals surface area contributed by atoms with Crippen LogP contribution >= 0.6 is 0 Å². The lowest BCUT2D eigenvalue weighted by atomic mass is 9.87. The highest BCUT2D eigenvalue weighted by Gasteiger charge is 2.36. The van der Waals surface area contributed by atoms with E-state index in [4.69, 9.17) is 9.47 Å². The highest BCUT2D eigenvalue weighted by Crippen LogP contribution is 2.41. The first-order chi connectivity index (χ1) is 19.5. The molecule has 3 heterocycles. The van der Waals surface area contributed by atoms with Gasteiger partial charge in [0.1, 0.15) is 11.6 Å². The number of aromatic nitrogens is 4. The van der Waals surface area contributed by atoms with Gasteiger partial charge in [-0.25, -0.2) is 18.6 Å². The molecule has 1 aliphatic rings. The summed E-state index contributed by atoms with van der Waals surface area (Å²) in [5.41, 5.74) is 3.76. The van der Waals surface area contributed by atoms with Crippen LogP contribution in [0.4, 0.5) is 5.82 Å². The lowest BCUT2D eigenvalue weighted by molar-refractivity contribution is -0.138. The minimum Gasteiger partial charge on any atom is -0.497 e. The average molecular weight is 534 g/mol. The van der Waals surface area contributed by atoms with Crippen LogP contribution in [0.5, 0.6) is 5.75 Å². The Kier molecular flexibility index (Phi) is 6.39. The second kappa shape index (κ2) is 10.2. The van der Waals surface area contributed by atoms with E-state index < -0.39 is 12.0 Å².